The van der Waals surface area contributed by atoms with E-state index < -0.39 is 5.97 Å². The maximum absolute atomic E-state index is 12.2. The number of carbonyl (C=O) groups excluding carboxylic acids is 1. The van der Waals surface area contributed by atoms with Crippen molar-refractivity contribution < 1.29 is 14.7 Å². The van der Waals surface area contributed by atoms with Gasteiger partial charge in [0.1, 0.15) is 0 Å². The average Bonchev–Trinajstić information content (AvgIpc) is 3.00. The first-order valence-corrected chi connectivity index (χ1v) is 8.62. The summed E-state index contributed by atoms with van der Waals surface area (Å²) < 4.78 is 0. The van der Waals surface area contributed by atoms with Crippen LogP contribution in [0.25, 0.3) is 0 Å². The molecule has 0 heterocycles. The Kier molecular flexibility index (Phi) is 5.86. The third kappa shape index (κ3) is 4.28. The van der Waals surface area contributed by atoms with E-state index in [0.29, 0.717) is 6.54 Å². The van der Waals surface area contributed by atoms with E-state index in [1.165, 1.54) is 34.4 Å². The molecule has 1 aliphatic rings. The summed E-state index contributed by atoms with van der Waals surface area (Å²) in [4.78, 5) is 24.3. The van der Waals surface area contributed by atoms with E-state index in [1.807, 2.05) is 0 Å². The Hall–Kier alpha value is -2.04. The second kappa shape index (κ2) is 7.69. The minimum absolute atomic E-state index is 0.00107. The molecule has 132 valence electrons. The van der Waals surface area contributed by atoms with Gasteiger partial charge < -0.3 is 15.3 Å². The van der Waals surface area contributed by atoms with Gasteiger partial charge in [-0.1, -0.05) is 36.6 Å². The molecule has 5 nitrogen and oxygen atoms in total. The van der Waals surface area contributed by atoms with Gasteiger partial charge in [0.25, 0.3) is 0 Å². The summed E-state index contributed by atoms with van der Waals surface area (Å²) in [7, 11) is 1.64. The first-order valence-electron chi connectivity index (χ1n) is 8.62. The van der Waals surface area contributed by atoms with E-state index in [9.17, 15) is 9.59 Å². The number of carboxylic acids is 1. The minimum atomic E-state index is -0.891. The fourth-order valence-corrected chi connectivity index (χ4v) is 3.75. The van der Waals surface area contributed by atoms with E-state index in [0.717, 1.165) is 12.8 Å². The molecule has 0 saturated heterocycles. The number of nitrogens with one attached hydrogen (secondary N) is 1. The van der Waals surface area contributed by atoms with Gasteiger partial charge in [-0.3, -0.25) is 4.79 Å². The fourth-order valence-electron chi connectivity index (χ4n) is 3.75. The number of urea groups is 1. The number of hydrogen-bond donors (Lipinski definition) is 2. The second-order valence-corrected chi connectivity index (χ2v) is 7.03. The molecule has 24 heavy (non-hydrogen) atoms. The number of nitrogens with zero attached hydrogens (tertiary/aromatic N) is 1. The summed E-state index contributed by atoms with van der Waals surface area (Å²) in [5.41, 5.74) is 3.87. The quantitative estimate of drug-likeness (QED) is 0.840. The number of carbonyl (C=O) groups is 2. The van der Waals surface area contributed by atoms with Crippen molar-refractivity contribution in [2.75, 3.05) is 20.1 Å². The van der Waals surface area contributed by atoms with Crippen molar-refractivity contribution >= 4 is 12.0 Å². The first kappa shape index (κ1) is 18.3. The van der Waals surface area contributed by atoms with Crippen LogP contribution in [0.4, 0.5) is 4.79 Å². The highest BCUT2D eigenvalue weighted by molar-refractivity contribution is 5.75. The van der Waals surface area contributed by atoms with Crippen molar-refractivity contribution in [2.24, 2.45) is 0 Å². The zero-order chi connectivity index (χ0) is 17.7. The molecule has 2 rings (SSSR count). The van der Waals surface area contributed by atoms with Crippen molar-refractivity contribution in [2.45, 2.75) is 51.4 Å². The molecule has 1 aromatic rings. The molecule has 1 fully saturated rings. The Morgan fingerprint density at radius 3 is 2.50 bits per heavy atom. The van der Waals surface area contributed by atoms with Gasteiger partial charge in [0.2, 0.25) is 0 Å². The Balaban J connectivity index is 2.06. The summed E-state index contributed by atoms with van der Waals surface area (Å²) in [5.74, 6) is -0.891. The molecule has 0 aromatic heterocycles. The average molecular weight is 332 g/mol. The number of aryl methyl sites for hydroxylation is 2. The first-order chi connectivity index (χ1) is 11.3. The number of rotatable bonds is 6. The van der Waals surface area contributed by atoms with Crippen LogP contribution in [0.5, 0.6) is 0 Å². The molecule has 0 spiro atoms. The van der Waals surface area contributed by atoms with Crippen LogP contribution in [0.1, 0.15) is 48.8 Å². The summed E-state index contributed by atoms with van der Waals surface area (Å²) in [6.07, 6.45) is 4.48. The van der Waals surface area contributed by atoms with Gasteiger partial charge in [0.15, 0.2) is 0 Å². The lowest BCUT2D eigenvalue weighted by Crippen LogP contribution is -2.45. The van der Waals surface area contributed by atoms with Crippen LogP contribution in [0.3, 0.4) is 0 Å². The van der Waals surface area contributed by atoms with Crippen LogP contribution in [-0.4, -0.2) is 42.1 Å². The largest absolute Gasteiger partial charge is 0.481 e. The zero-order valence-electron chi connectivity index (χ0n) is 14.9. The number of carboxylic acid groups (broad SMARTS) is 1. The predicted molar refractivity (Wildman–Crippen MR) is 94.3 cm³/mol. The molecule has 0 aliphatic heterocycles. The van der Waals surface area contributed by atoms with E-state index in [1.54, 1.807) is 7.05 Å². The van der Waals surface area contributed by atoms with E-state index >= 15 is 0 Å². The molecule has 0 bridgehead atoms. The van der Waals surface area contributed by atoms with Crippen molar-refractivity contribution in [1.82, 2.24) is 10.2 Å². The van der Waals surface area contributed by atoms with Crippen molar-refractivity contribution in [3.8, 4) is 0 Å². The zero-order valence-corrected chi connectivity index (χ0v) is 14.9. The molecule has 0 atom stereocenters. The lowest BCUT2D eigenvalue weighted by Gasteiger charge is -2.32. The molecule has 0 unspecified atom stereocenters. The van der Waals surface area contributed by atoms with Gasteiger partial charge in [0, 0.05) is 25.6 Å². The minimum Gasteiger partial charge on any atom is -0.481 e. The lowest BCUT2D eigenvalue weighted by atomic mass is 9.76. The molecule has 1 aliphatic carbocycles. The summed E-state index contributed by atoms with van der Waals surface area (Å²) in [6.45, 7) is 5.06. The monoisotopic (exact) mass is 332 g/mol. The number of benzene rings is 1. The molecular weight excluding hydrogens is 304 g/mol. The molecule has 0 radical (unpaired) electrons. The van der Waals surface area contributed by atoms with Gasteiger partial charge in [-0.05, 0) is 37.8 Å². The van der Waals surface area contributed by atoms with Crippen LogP contribution in [-0.2, 0) is 10.2 Å². The summed E-state index contributed by atoms with van der Waals surface area (Å²) >= 11 is 0. The lowest BCUT2D eigenvalue weighted by molar-refractivity contribution is -0.137. The highest BCUT2D eigenvalue weighted by Crippen LogP contribution is 2.42. The number of aliphatic carboxylic acids is 1. The standard InChI is InChI=1S/C19H28N2O3/c1-14-6-7-16(15(2)12-14)19(9-4-5-10-19)13-20-18(24)21(3)11-8-17(22)23/h6-7,12H,4-5,8-11,13H2,1-3H3,(H,20,24)(H,22,23). The fraction of sp³-hybridized carbons (Fsp3) is 0.579. The topological polar surface area (TPSA) is 69.6 Å². The van der Waals surface area contributed by atoms with Crippen LogP contribution < -0.4 is 5.32 Å². The van der Waals surface area contributed by atoms with Crippen LogP contribution in [0, 0.1) is 13.8 Å². The Morgan fingerprint density at radius 2 is 1.92 bits per heavy atom. The van der Waals surface area contributed by atoms with Gasteiger partial charge in [-0.2, -0.15) is 0 Å². The Bertz CT molecular complexity index is 607. The normalized spacial score (nSPS) is 16.0. The third-order valence-corrected chi connectivity index (χ3v) is 5.10. The second-order valence-electron chi connectivity index (χ2n) is 7.03. The predicted octanol–water partition coefficient (Wildman–Crippen LogP) is 3.23. The number of amides is 2. The van der Waals surface area contributed by atoms with E-state index in [-0.39, 0.29) is 24.4 Å². The highest BCUT2D eigenvalue weighted by Gasteiger charge is 2.37. The summed E-state index contributed by atoms with van der Waals surface area (Å²) in [6, 6.07) is 6.35. The van der Waals surface area contributed by atoms with Gasteiger partial charge in [-0.15, -0.1) is 0 Å². The van der Waals surface area contributed by atoms with Crippen LogP contribution >= 0.6 is 0 Å². The van der Waals surface area contributed by atoms with Crippen molar-refractivity contribution in [3.05, 3.63) is 34.9 Å². The number of hydrogen-bond acceptors (Lipinski definition) is 2. The summed E-state index contributed by atoms with van der Waals surface area (Å²) in [5, 5.41) is 11.8. The van der Waals surface area contributed by atoms with Crippen molar-refractivity contribution in [3.63, 3.8) is 0 Å². The van der Waals surface area contributed by atoms with Crippen LogP contribution in [0.2, 0.25) is 0 Å². The Labute approximate surface area is 144 Å². The SMILES string of the molecule is Cc1ccc(C2(CNC(=O)N(C)CCC(=O)O)CCCC2)c(C)c1. The highest BCUT2D eigenvalue weighted by atomic mass is 16.4. The van der Waals surface area contributed by atoms with E-state index in [4.69, 9.17) is 5.11 Å². The van der Waals surface area contributed by atoms with E-state index in [2.05, 4.69) is 37.4 Å². The maximum atomic E-state index is 12.2. The third-order valence-electron chi connectivity index (χ3n) is 5.10. The van der Waals surface area contributed by atoms with Crippen molar-refractivity contribution in [1.29, 1.82) is 0 Å². The molecule has 5 heteroatoms. The van der Waals surface area contributed by atoms with Gasteiger partial charge in [-0.25, -0.2) is 4.79 Å². The van der Waals surface area contributed by atoms with Crippen LogP contribution in [0.15, 0.2) is 18.2 Å². The molecule has 1 saturated carbocycles. The smallest absolute Gasteiger partial charge is 0.317 e. The van der Waals surface area contributed by atoms with Gasteiger partial charge in [0.05, 0.1) is 6.42 Å². The molecule has 2 N–H and O–H groups in total. The molecule has 1 aromatic carbocycles. The molecule has 2 amide bonds. The Morgan fingerprint density at radius 1 is 1.25 bits per heavy atom. The maximum Gasteiger partial charge on any atom is 0.317 e. The van der Waals surface area contributed by atoms with Gasteiger partial charge >= 0.3 is 12.0 Å². The molecular formula is C19H28N2O3.